The largest absolute Gasteiger partial charge is 0.295 e. The summed E-state index contributed by atoms with van der Waals surface area (Å²) in [6.07, 6.45) is 0.725. The van der Waals surface area contributed by atoms with Crippen LogP contribution in [0.2, 0.25) is 0 Å². The summed E-state index contributed by atoms with van der Waals surface area (Å²) in [6.45, 7) is 4.08. The summed E-state index contributed by atoms with van der Waals surface area (Å²) in [5.41, 5.74) is 0.651. The van der Waals surface area contributed by atoms with Gasteiger partial charge in [-0.05, 0) is 18.4 Å². The molecule has 0 radical (unpaired) electrons. The number of nitro benzene ring substituents is 1. The molecule has 0 amide bonds. The molecule has 0 aliphatic carbocycles. The second kappa shape index (κ2) is 5.09. The van der Waals surface area contributed by atoms with E-state index in [1.165, 1.54) is 16.8 Å². The zero-order valence-corrected chi connectivity index (χ0v) is 10.8. The average Bonchev–Trinajstić information content (AvgIpc) is 2.69. The molecule has 6 heteroatoms. The van der Waals surface area contributed by atoms with Crippen molar-refractivity contribution in [2.75, 3.05) is 0 Å². The highest BCUT2D eigenvalue weighted by Gasteiger charge is 2.16. The van der Waals surface area contributed by atoms with Gasteiger partial charge in [-0.3, -0.25) is 20.0 Å². The van der Waals surface area contributed by atoms with Crippen LogP contribution in [0.25, 0.3) is 5.69 Å². The SMILES string of the molecule is CC(C)Cc1cc(=O)n(-c2ccccc2[N+](=O)[O-])[nH]1. The number of para-hydroxylation sites is 2. The zero-order valence-electron chi connectivity index (χ0n) is 10.8. The molecule has 0 saturated heterocycles. The van der Waals surface area contributed by atoms with Gasteiger partial charge in [-0.2, -0.15) is 0 Å². The minimum absolute atomic E-state index is 0.0949. The van der Waals surface area contributed by atoms with Crippen molar-refractivity contribution in [3.8, 4) is 5.69 Å². The first-order valence-corrected chi connectivity index (χ1v) is 6.03. The van der Waals surface area contributed by atoms with E-state index in [9.17, 15) is 14.9 Å². The summed E-state index contributed by atoms with van der Waals surface area (Å²) >= 11 is 0. The molecule has 1 heterocycles. The van der Waals surface area contributed by atoms with Gasteiger partial charge in [0, 0.05) is 17.8 Å². The summed E-state index contributed by atoms with van der Waals surface area (Å²) in [7, 11) is 0. The summed E-state index contributed by atoms with van der Waals surface area (Å²) in [5, 5.41) is 13.9. The van der Waals surface area contributed by atoms with Crippen LogP contribution < -0.4 is 5.56 Å². The van der Waals surface area contributed by atoms with Crippen LogP contribution in [-0.4, -0.2) is 14.7 Å². The van der Waals surface area contributed by atoms with E-state index in [0.717, 1.165) is 12.1 Å². The average molecular weight is 261 g/mol. The number of aromatic nitrogens is 2. The molecule has 6 nitrogen and oxygen atoms in total. The van der Waals surface area contributed by atoms with Gasteiger partial charge in [0.1, 0.15) is 5.69 Å². The molecule has 2 rings (SSSR count). The molecule has 0 saturated carbocycles. The van der Waals surface area contributed by atoms with E-state index in [4.69, 9.17) is 0 Å². The predicted octanol–water partition coefficient (Wildman–Crippen LogP) is 2.27. The Balaban J connectivity index is 2.51. The number of benzene rings is 1. The molecular weight excluding hydrogens is 246 g/mol. The van der Waals surface area contributed by atoms with Crippen LogP contribution in [0.15, 0.2) is 35.1 Å². The first-order chi connectivity index (χ1) is 8.99. The number of hydrogen-bond acceptors (Lipinski definition) is 3. The van der Waals surface area contributed by atoms with E-state index >= 15 is 0 Å². The van der Waals surface area contributed by atoms with Crippen LogP contribution in [0.3, 0.4) is 0 Å². The summed E-state index contributed by atoms with van der Waals surface area (Å²) in [6, 6.07) is 7.65. The topological polar surface area (TPSA) is 80.9 Å². The lowest BCUT2D eigenvalue weighted by atomic mass is 10.1. The minimum atomic E-state index is -0.495. The highest BCUT2D eigenvalue weighted by atomic mass is 16.6. The molecule has 0 fully saturated rings. The Bertz CT molecular complexity index is 655. The van der Waals surface area contributed by atoms with Crippen LogP contribution in [-0.2, 0) is 6.42 Å². The van der Waals surface area contributed by atoms with Crippen molar-refractivity contribution in [3.05, 3.63) is 56.5 Å². The molecule has 0 spiro atoms. The number of nitrogens with zero attached hydrogens (tertiary/aromatic N) is 2. The molecule has 1 N–H and O–H groups in total. The maximum Gasteiger partial charge on any atom is 0.294 e. The van der Waals surface area contributed by atoms with Crippen molar-refractivity contribution in [1.29, 1.82) is 0 Å². The standard InChI is InChI=1S/C13H15N3O3/c1-9(2)7-10-8-13(17)15(14-10)11-5-3-4-6-12(11)16(18)19/h3-6,8-9,14H,7H2,1-2H3. The third-order valence-corrected chi connectivity index (χ3v) is 2.72. The molecule has 0 aliphatic heterocycles. The number of hydrogen-bond donors (Lipinski definition) is 1. The van der Waals surface area contributed by atoms with Gasteiger partial charge in [0.05, 0.1) is 4.92 Å². The first kappa shape index (κ1) is 13.1. The molecule has 0 unspecified atom stereocenters. The second-order valence-corrected chi connectivity index (χ2v) is 4.80. The van der Waals surface area contributed by atoms with Gasteiger partial charge in [-0.15, -0.1) is 0 Å². The number of nitro groups is 1. The molecular formula is C13H15N3O3. The summed E-state index contributed by atoms with van der Waals surface area (Å²) in [5.74, 6) is 0.400. The van der Waals surface area contributed by atoms with Gasteiger partial charge in [0.25, 0.3) is 11.2 Å². The normalized spacial score (nSPS) is 10.9. The Morgan fingerprint density at radius 3 is 2.68 bits per heavy atom. The Morgan fingerprint density at radius 2 is 2.05 bits per heavy atom. The van der Waals surface area contributed by atoms with Crippen molar-refractivity contribution in [1.82, 2.24) is 9.78 Å². The van der Waals surface area contributed by atoms with E-state index in [1.807, 2.05) is 13.8 Å². The quantitative estimate of drug-likeness (QED) is 0.677. The monoisotopic (exact) mass is 261 g/mol. The van der Waals surface area contributed by atoms with E-state index < -0.39 is 4.92 Å². The predicted molar refractivity (Wildman–Crippen MR) is 71.6 cm³/mol. The Hall–Kier alpha value is -2.37. The fraction of sp³-hybridized carbons (Fsp3) is 0.308. The molecule has 0 atom stereocenters. The Kier molecular flexibility index (Phi) is 3.50. The van der Waals surface area contributed by atoms with Gasteiger partial charge in [0.15, 0.2) is 0 Å². The molecule has 1 aromatic carbocycles. The highest BCUT2D eigenvalue weighted by Crippen LogP contribution is 2.20. The van der Waals surface area contributed by atoms with Gasteiger partial charge < -0.3 is 0 Å². The number of rotatable bonds is 4. The number of aromatic amines is 1. The van der Waals surface area contributed by atoms with Crippen molar-refractivity contribution in [3.63, 3.8) is 0 Å². The minimum Gasteiger partial charge on any atom is -0.295 e. The van der Waals surface area contributed by atoms with E-state index in [0.29, 0.717) is 5.92 Å². The smallest absolute Gasteiger partial charge is 0.294 e. The number of H-pyrrole nitrogens is 1. The van der Waals surface area contributed by atoms with Crippen LogP contribution in [0.5, 0.6) is 0 Å². The van der Waals surface area contributed by atoms with Crippen LogP contribution in [0, 0.1) is 16.0 Å². The lowest BCUT2D eigenvalue weighted by molar-refractivity contribution is -0.384. The maximum atomic E-state index is 11.9. The maximum absolute atomic E-state index is 11.9. The van der Waals surface area contributed by atoms with Gasteiger partial charge in [-0.25, -0.2) is 4.68 Å². The van der Waals surface area contributed by atoms with Crippen molar-refractivity contribution in [2.24, 2.45) is 5.92 Å². The van der Waals surface area contributed by atoms with E-state index in [2.05, 4.69) is 5.10 Å². The highest BCUT2D eigenvalue weighted by molar-refractivity contribution is 5.51. The van der Waals surface area contributed by atoms with Crippen molar-refractivity contribution in [2.45, 2.75) is 20.3 Å². The van der Waals surface area contributed by atoms with Crippen LogP contribution in [0.1, 0.15) is 19.5 Å². The molecule has 0 aliphatic rings. The molecule has 100 valence electrons. The third-order valence-electron chi connectivity index (χ3n) is 2.72. The van der Waals surface area contributed by atoms with Crippen LogP contribution >= 0.6 is 0 Å². The number of nitrogens with one attached hydrogen (secondary N) is 1. The second-order valence-electron chi connectivity index (χ2n) is 4.80. The van der Waals surface area contributed by atoms with Gasteiger partial charge in [-0.1, -0.05) is 26.0 Å². The first-order valence-electron chi connectivity index (χ1n) is 6.03. The Morgan fingerprint density at radius 1 is 1.37 bits per heavy atom. The summed E-state index contributed by atoms with van der Waals surface area (Å²) < 4.78 is 1.22. The van der Waals surface area contributed by atoms with E-state index in [1.54, 1.807) is 18.2 Å². The van der Waals surface area contributed by atoms with Gasteiger partial charge in [0.2, 0.25) is 0 Å². The lowest BCUT2D eigenvalue weighted by Crippen LogP contribution is -2.14. The lowest BCUT2D eigenvalue weighted by Gasteiger charge is -2.04. The molecule has 0 bridgehead atoms. The molecule has 2 aromatic rings. The molecule has 1 aromatic heterocycles. The Labute approximate surface area is 109 Å². The van der Waals surface area contributed by atoms with Crippen LogP contribution in [0.4, 0.5) is 5.69 Å². The fourth-order valence-corrected chi connectivity index (χ4v) is 1.98. The van der Waals surface area contributed by atoms with Gasteiger partial charge >= 0.3 is 0 Å². The summed E-state index contributed by atoms with van der Waals surface area (Å²) in [4.78, 5) is 22.4. The van der Waals surface area contributed by atoms with Crippen molar-refractivity contribution < 1.29 is 4.92 Å². The zero-order chi connectivity index (χ0) is 14.0. The third kappa shape index (κ3) is 2.73. The fourth-order valence-electron chi connectivity index (χ4n) is 1.98. The molecule has 19 heavy (non-hydrogen) atoms. The van der Waals surface area contributed by atoms with E-state index in [-0.39, 0.29) is 16.9 Å². The van der Waals surface area contributed by atoms with Crippen molar-refractivity contribution >= 4 is 5.69 Å².